The summed E-state index contributed by atoms with van der Waals surface area (Å²) in [6, 6.07) is 7.01. The van der Waals surface area contributed by atoms with Gasteiger partial charge in [-0.3, -0.25) is 4.79 Å². The molecule has 19 heavy (non-hydrogen) atoms. The van der Waals surface area contributed by atoms with E-state index in [4.69, 9.17) is 6.42 Å². The molecule has 0 aliphatic carbocycles. The van der Waals surface area contributed by atoms with Crippen molar-refractivity contribution in [3.05, 3.63) is 29.8 Å². The Morgan fingerprint density at radius 3 is 2.89 bits per heavy atom. The van der Waals surface area contributed by atoms with Crippen molar-refractivity contribution in [2.75, 3.05) is 16.8 Å². The summed E-state index contributed by atoms with van der Waals surface area (Å²) in [4.78, 5) is 11.8. The van der Waals surface area contributed by atoms with Crippen LogP contribution < -0.4 is 5.32 Å². The van der Waals surface area contributed by atoms with Crippen LogP contribution in [0.25, 0.3) is 0 Å². The Morgan fingerprint density at radius 1 is 1.47 bits per heavy atom. The molecule has 2 rings (SSSR count). The number of sulfone groups is 1. The highest BCUT2D eigenvalue weighted by Crippen LogP contribution is 2.22. The first-order valence-corrected chi connectivity index (χ1v) is 7.87. The predicted molar refractivity (Wildman–Crippen MR) is 74.4 cm³/mol. The van der Waals surface area contributed by atoms with E-state index in [0.717, 1.165) is 0 Å². The fourth-order valence-corrected chi connectivity index (χ4v) is 4.06. The van der Waals surface area contributed by atoms with Crippen LogP contribution in [-0.4, -0.2) is 25.8 Å². The van der Waals surface area contributed by atoms with Crippen LogP contribution in [-0.2, 0) is 14.6 Å². The quantitative estimate of drug-likeness (QED) is 0.850. The highest BCUT2D eigenvalue weighted by atomic mass is 32.2. The topological polar surface area (TPSA) is 63.2 Å². The first kappa shape index (κ1) is 13.6. The Morgan fingerprint density at radius 2 is 2.26 bits per heavy atom. The lowest BCUT2D eigenvalue weighted by Crippen LogP contribution is -2.17. The van der Waals surface area contributed by atoms with Crippen molar-refractivity contribution in [1.82, 2.24) is 0 Å². The van der Waals surface area contributed by atoms with E-state index in [1.54, 1.807) is 24.3 Å². The van der Waals surface area contributed by atoms with E-state index in [1.807, 2.05) is 0 Å². The minimum absolute atomic E-state index is 0.0687. The summed E-state index contributed by atoms with van der Waals surface area (Å²) in [6.07, 6.45) is 6.09. The zero-order chi connectivity index (χ0) is 13.9. The first-order valence-electron chi connectivity index (χ1n) is 6.05. The maximum atomic E-state index is 11.8. The molecule has 1 aromatic rings. The summed E-state index contributed by atoms with van der Waals surface area (Å²) in [6.45, 7) is 0. The number of carbonyl (C=O) groups excluding carboxylic acids is 1. The van der Waals surface area contributed by atoms with Gasteiger partial charge in [0.1, 0.15) is 0 Å². The maximum Gasteiger partial charge on any atom is 0.224 e. The van der Waals surface area contributed by atoms with Gasteiger partial charge in [0.2, 0.25) is 5.91 Å². The Hall–Kier alpha value is -1.80. The van der Waals surface area contributed by atoms with Crippen molar-refractivity contribution in [1.29, 1.82) is 0 Å². The Kier molecular flexibility index (Phi) is 3.91. The highest BCUT2D eigenvalue weighted by molar-refractivity contribution is 7.91. The number of amides is 1. The van der Waals surface area contributed by atoms with Gasteiger partial charge in [0, 0.05) is 17.7 Å². The minimum Gasteiger partial charge on any atom is -0.326 e. The second-order valence-corrected chi connectivity index (χ2v) is 6.98. The smallest absolute Gasteiger partial charge is 0.224 e. The molecule has 1 saturated heterocycles. The van der Waals surface area contributed by atoms with Crippen molar-refractivity contribution >= 4 is 21.4 Å². The summed E-state index contributed by atoms with van der Waals surface area (Å²) in [5.41, 5.74) is 1.34. The third kappa shape index (κ3) is 3.83. The molecule has 0 aromatic heterocycles. The molecule has 100 valence electrons. The van der Waals surface area contributed by atoms with E-state index in [2.05, 4.69) is 11.2 Å². The van der Waals surface area contributed by atoms with Crippen LogP contribution in [0.15, 0.2) is 24.3 Å². The third-order valence-electron chi connectivity index (χ3n) is 3.11. The molecule has 1 atom stereocenters. The van der Waals surface area contributed by atoms with Crippen molar-refractivity contribution in [3.63, 3.8) is 0 Å². The van der Waals surface area contributed by atoms with Crippen LogP contribution in [0.2, 0.25) is 0 Å². The summed E-state index contributed by atoms with van der Waals surface area (Å²) >= 11 is 0. The number of terminal acetylenes is 1. The summed E-state index contributed by atoms with van der Waals surface area (Å²) in [7, 11) is -2.93. The van der Waals surface area contributed by atoms with Crippen LogP contribution in [0.1, 0.15) is 18.4 Å². The molecule has 0 spiro atoms. The second-order valence-electron chi connectivity index (χ2n) is 4.75. The standard InChI is InChI=1S/C14H15NO3S/c1-2-11-4-3-5-13(8-11)15-14(16)9-12-6-7-19(17,18)10-12/h1,3-5,8,12H,6-7,9-10H2,(H,15,16). The van der Waals surface area contributed by atoms with Gasteiger partial charge in [-0.1, -0.05) is 12.0 Å². The van der Waals surface area contributed by atoms with Gasteiger partial charge in [0.25, 0.3) is 0 Å². The Labute approximate surface area is 113 Å². The third-order valence-corrected chi connectivity index (χ3v) is 4.95. The molecule has 0 bridgehead atoms. The van der Waals surface area contributed by atoms with Gasteiger partial charge >= 0.3 is 0 Å². The van der Waals surface area contributed by atoms with Gasteiger partial charge in [0.05, 0.1) is 11.5 Å². The second kappa shape index (κ2) is 5.45. The van der Waals surface area contributed by atoms with E-state index in [1.165, 1.54) is 0 Å². The number of rotatable bonds is 3. The van der Waals surface area contributed by atoms with Gasteiger partial charge in [-0.25, -0.2) is 8.42 Å². The average molecular weight is 277 g/mol. The molecule has 0 radical (unpaired) electrons. The molecule has 1 heterocycles. The van der Waals surface area contributed by atoms with Crippen molar-refractivity contribution in [2.45, 2.75) is 12.8 Å². The Bertz CT molecular complexity index is 628. The van der Waals surface area contributed by atoms with Crippen LogP contribution >= 0.6 is 0 Å². The van der Waals surface area contributed by atoms with Crippen LogP contribution in [0.3, 0.4) is 0 Å². The molecule has 1 fully saturated rings. The van der Waals surface area contributed by atoms with E-state index in [-0.39, 0.29) is 29.8 Å². The van der Waals surface area contributed by atoms with Gasteiger partial charge in [-0.2, -0.15) is 0 Å². The summed E-state index contributed by atoms with van der Waals surface area (Å²) in [5.74, 6) is 2.56. The average Bonchev–Trinajstić information content (AvgIpc) is 2.68. The molecule has 5 heteroatoms. The SMILES string of the molecule is C#Cc1cccc(NC(=O)CC2CCS(=O)(=O)C2)c1. The van der Waals surface area contributed by atoms with Crippen molar-refractivity contribution in [3.8, 4) is 12.3 Å². The van der Waals surface area contributed by atoms with Gasteiger partial charge < -0.3 is 5.32 Å². The molecular formula is C14H15NO3S. The number of hydrogen-bond acceptors (Lipinski definition) is 3. The molecular weight excluding hydrogens is 262 g/mol. The van der Waals surface area contributed by atoms with E-state index >= 15 is 0 Å². The largest absolute Gasteiger partial charge is 0.326 e. The number of carbonyl (C=O) groups is 1. The molecule has 1 aliphatic rings. The van der Waals surface area contributed by atoms with Gasteiger partial charge in [0.15, 0.2) is 9.84 Å². The van der Waals surface area contributed by atoms with Crippen molar-refractivity contribution in [2.24, 2.45) is 5.92 Å². The molecule has 1 N–H and O–H groups in total. The highest BCUT2D eigenvalue weighted by Gasteiger charge is 2.29. The normalized spacial score (nSPS) is 20.7. The van der Waals surface area contributed by atoms with Gasteiger partial charge in [-0.05, 0) is 30.5 Å². The molecule has 1 aromatic carbocycles. The molecule has 1 unspecified atom stereocenters. The van der Waals surface area contributed by atoms with Crippen LogP contribution in [0, 0.1) is 18.3 Å². The van der Waals surface area contributed by atoms with E-state index < -0.39 is 9.84 Å². The predicted octanol–water partition coefficient (Wildman–Crippen LogP) is 1.43. The fraction of sp³-hybridized carbons (Fsp3) is 0.357. The first-order chi connectivity index (χ1) is 8.98. The van der Waals surface area contributed by atoms with E-state index in [9.17, 15) is 13.2 Å². The van der Waals surface area contributed by atoms with Gasteiger partial charge in [-0.15, -0.1) is 6.42 Å². The summed E-state index contributed by atoms with van der Waals surface area (Å²) < 4.78 is 22.6. The monoisotopic (exact) mass is 277 g/mol. The number of anilines is 1. The summed E-state index contributed by atoms with van der Waals surface area (Å²) in [5, 5.41) is 2.74. The molecule has 4 nitrogen and oxygen atoms in total. The lowest BCUT2D eigenvalue weighted by molar-refractivity contribution is -0.116. The molecule has 1 aliphatic heterocycles. The minimum atomic E-state index is -2.93. The Balaban J connectivity index is 1.93. The lowest BCUT2D eigenvalue weighted by Gasteiger charge is -2.09. The molecule has 0 saturated carbocycles. The fourth-order valence-electron chi connectivity index (χ4n) is 2.19. The number of benzene rings is 1. The lowest BCUT2D eigenvalue weighted by atomic mass is 10.0. The van der Waals surface area contributed by atoms with Crippen LogP contribution in [0.4, 0.5) is 5.69 Å². The van der Waals surface area contributed by atoms with Crippen molar-refractivity contribution < 1.29 is 13.2 Å². The molecule has 1 amide bonds. The zero-order valence-electron chi connectivity index (χ0n) is 10.4. The number of nitrogens with one attached hydrogen (secondary N) is 1. The van der Waals surface area contributed by atoms with Crippen LogP contribution in [0.5, 0.6) is 0 Å². The zero-order valence-corrected chi connectivity index (χ0v) is 11.2. The maximum absolute atomic E-state index is 11.8. The number of hydrogen-bond donors (Lipinski definition) is 1. The van der Waals surface area contributed by atoms with E-state index in [0.29, 0.717) is 17.7 Å².